The van der Waals surface area contributed by atoms with Crippen LogP contribution in [0.4, 0.5) is 0 Å². The molecule has 0 N–H and O–H groups in total. The molecule has 4 heteroatoms. The average Bonchev–Trinajstić information content (AvgIpc) is 2.59. The maximum atomic E-state index is 12.9. The Labute approximate surface area is 127 Å². The highest BCUT2D eigenvalue weighted by atomic mass is 16.6. The molecule has 1 unspecified atom stereocenters. The Morgan fingerprint density at radius 3 is 2.45 bits per heavy atom. The molecule has 1 aliphatic rings. The standard InChI is InChI=1S/C18H17NO3/c20-18-16-7-2-1-5-14(16)15-6-3-4-8-17(15)19(18)11-13-12-21-9-10-22-13/h1-8,13H,9-12H2. The van der Waals surface area contributed by atoms with Gasteiger partial charge in [0.25, 0.3) is 5.56 Å². The van der Waals surface area contributed by atoms with Gasteiger partial charge in [-0.3, -0.25) is 4.79 Å². The topological polar surface area (TPSA) is 40.5 Å². The SMILES string of the molecule is O=c1c2ccccc2c2ccccc2n1CC1COCCO1. The molecule has 0 saturated carbocycles. The van der Waals surface area contributed by atoms with Crippen LogP contribution in [0.5, 0.6) is 0 Å². The lowest BCUT2D eigenvalue weighted by molar-refractivity contribution is -0.0934. The Balaban J connectivity index is 1.94. The number of fused-ring (bicyclic) bond motifs is 3. The molecule has 0 spiro atoms. The van der Waals surface area contributed by atoms with Gasteiger partial charge in [0.05, 0.1) is 38.0 Å². The van der Waals surface area contributed by atoms with Crippen molar-refractivity contribution in [3.8, 4) is 0 Å². The molecular weight excluding hydrogens is 278 g/mol. The first-order valence-corrected chi connectivity index (χ1v) is 7.54. The number of hydrogen-bond acceptors (Lipinski definition) is 3. The molecule has 112 valence electrons. The third-order valence-electron chi connectivity index (χ3n) is 4.16. The van der Waals surface area contributed by atoms with Gasteiger partial charge in [-0.15, -0.1) is 0 Å². The normalized spacial score (nSPS) is 18.8. The van der Waals surface area contributed by atoms with Crippen LogP contribution in [-0.2, 0) is 16.0 Å². The molecule has 22 heavy (non-hydrogen) atoms. The molecule has 0 radical (unpaired) electrons. The Morgan fingerprint density at radius 1 is 0.955 bits per heavy atom. The van der Waals surface area contributed by atoms with E-state index >= 15 is 0 Å². The summed E-state index contributed by atoms with van der Waals surface area (Å²) >= 11 is 0. The summed E-state index contributed by atoms with van der Waals surface area (Å²) in [6.45, 7) is 2.27. The van der Waals surface area contributed by atoms with Crippen LogP contribution in [0.1, 0.15) is 0 Å². The highest BCUT2D eigenvalue weighted by molar-refractivity contribution is 6.05. The van der Waals surface area contributed by atoms with Gasteiger partial charge in [-0.1, -0.05) is 36.4 Å². The molecular formula is C18H17NO3. The fourth-order valence-electron chi connectivity index (χ4n) is 3.12. The minimum absolute atomic E-state index is 0.0310. The molecule has 0 bridgehead atoms. The lowest BCUT2D eigenvalue weighted by Gasteiger charge is -2.24. The van der Waals surface area contributed by atoms with E-state index in [1.54, 1.807) is 0 Å². The maximum Gasteiger partial charge on any atom is 0.259 e. The largest absolute Gasteiger partial charge is 0.376 e. The second kappa shape index (κ2) is 5.55. The maximum absolute atomic E-state index is 12.9. The Kier molecular flexibility index (Phi) is 3.41. The monoisotopic (exact) mass is 295 g/mol. The number of aromatic nitrogens is 1. The number of hydrogen-bond donors (Lipinski definition) is 0. The molecule has 3 aromatic rings. The first kappa shape index (κ1) is 13.5. The molecule has 4 nitrogen and oxygen atoms in total. The molecule has 1 aliphatic heterocycles. The van der Waals surface area contributed by atoms with Gasteiger partial charge in [-0.25, -0.2) is 0 Å². The Morgan fingerprint density at radius 2 is 1.68 bits per heavy atom. The van der Waals surface area contributed by atoms with Gasteiger partial charge >= 0.3 is 0 Å². The highest BCUT2D eigenvalue weighted by Gasteiger charge is 2.18. The number of nitrogens with zero attached hydrogens (tertiary/aromatic N) is 1. The minimum atomic E-state index is -0.0731. The first-order valence-electron chi connectivity index (χ1n) is 7.54. The van der Waals surface area contributed by atoms with Crippen molar-refractivity contribution in [1.82, 2.24) is 4.57 Å². The number of pyridine rings is 1. The van der Waals surface area contributed by atoms with Crippen molar-refractivity contribution in [1.29, 1.82) is 0 Å². The van der Waals surface area contributed by atoms with Crippen molar-refractivity contribution in [2.45, 2.75) is 12.6 Å². The van der Waals surface area contributed by atoms with Crippen molar-refractivity contribution in [2.24, 2.45) is 0 Å². The van der Waals surface area contributed by atoms with Crippen molar-refractivity contribution >= 4 is 21.7 Å². The van der Waals surface area contributed by atoms with Gasteiger partial charge < -0.3 is 14.0 Å². The van der Waals surface area contributed by atoms with Crippen LogP contribution in [-0.4, -0.2) is 30.5 Å². The first-order chi connectivity index (χ1) is 10.8. The zero-order valence-corrected chi connectivity index (χ0v) is 12.2. The smallest absolute Gasteiger partial charge is 0.259 e. The quantitative estimate of drug-likeness (QED) is 0.682. The van der Waals surface area contributed by atoms with Gasteiger partial charge in [0.1, 0.15) is 0 Å². The summed E-state index contributed by atoms with van der Waals surface area (Å²) in [5.74, 6) is 0. The Bertz CT molecular complexity index is 878. The van der Waals surface area contributed by atoms with Gasteiger partial charge in [-0.2, -0.15) is 0 Å². The van der Waals surface area contributed by atoms with E-state index in [9.17, 15) is 4.79 Å². The fourth-order valence-corrected chi connectivity index (χ4v) is 3.12. The number of para-hydroxylation sites is 1. The molecule has 0 amide bonds. The van der Waals surface area contributed by atoms with Gasteiger partial charge in [0, 0.05) is 10.8 Å². The van der Waals surface area contributed by atoms with Crippen LogP contribution in [0.3, 0.4) is 0 Å². The van der Waals surface area contributed by atoms with E-state index in [4.69, 9.17) is 9.47 Å². The van der Waals surface area contributed by atoms with Crippen LogP contribution in [0.2, 0.25) is 0 Å². The molecule has 4 rings (SSSR count). The fraction of sp³-hybridized carbons (Fsp3) is 0.278. The summed E-state index contributed by atoms with van der Waals surface area (Å²) in [5.41, 5.74) is 0.976. The molecule has 1 saturated heterocycles. The Hall–Kier alpha value is -2.17. The molecule has 1 fully saturated rings. The van der Waals surface area contributed by atoms with Crippen LogP contribution >= 0.6 is 0 Å². The van der Waals surface area contributed by atoms with Crippen molar-refractivity contribution in [3.63, 3.8) is 0 Å². The predicted molar refractivity (Wildman–Crippen MR) is 86.3 cm³/mol. The van der Waals surface area contributed by atoms with E-state index in [0.29, 0.717) is 26.4 Å². The lowest BCUT2D eigenvalue weighted by Crippen LogP contribution is -2.35. The van der Waals surface area contributed by atoms with Crippen LogP contribution in [0.15, 0.2) is 53.3 Å². The number of ether oxygens (including phenoxy) is 2. The van der Waals surface area contributed by atoms with Crippen LogP contribution < -0.4 is 5.56 Å². The molecule has 1 atom stereocenters. The van der Waals surface area contributed by atoms with E-state index in [0.717, 1.165) is 21.7 Å². The summed E-state index contributed by atoms with van der Waals surface area (Å²) in [5, 5.41) is 2.84. The number of benzene rings is 2. The van der Waals surface area contributed by atoms with Gasteiger partial charge in [0.2, 0.25) is 0 Å². The minimum Gasteiger partial charge on any atom is -0.376 e. The van der Waals surface area contributed by atoms with Crippen molar-refractivity contribution < 1.29 is 9.47 Å². The zero-order chi connectivity index (χ0) is 14.9. The molecule has 2 heterocycles. The van der Waals surface area contributed by atoms with Crippen molar-refractivity contribution in [2.75, 3.05) is 19.8 Å². The summed E-state index contributed by atoms with van der Waals surface area (Å²) in [6, 6.07) is 15.8. The predicted octanol–water partition coefficient (Wildman–Crippen LogP) is 2.57. The van der Waals surface area contributed by atoms with E-state index in [1.807, 2.05) is 47.0 Å². The second-order valence-corrected chi connectivity index (χ2v) is 5.55. The van der Waals surface area contributed by atoms with Crippen LogP contribution in [0.25, 0.3) is 21.7 Å². The summed E-state index contributed by atoms with van der Waals surface area (Å²) in [4.78, 5) is 12.9. The van der Waals surface area contributed by atoms with Crippen molar-refractivity contribution in [3.05, 3.63) is 58.9 Å². The summed E-state index contributed by atoms with van der Waals surface area (Å²) < 4.78 is 13.0. The molecule has 1 aromatic heterocycles. The third-order valence-corrected chi connectivity index (χ3v) is 4.16. The van der Waals surface area contributed by atoms with E-state index in [2.05, 4.69) is 6.07 Å². The van der Waals surface area contributed by atoms with E-state index in [1.165, 1.54) is 0 Å². The lowest BCUT2D eigenvalue weighted by atomic mass is 10.1. The molecule has 0 aliphatic carbocycles. The summed E-state index contributed by atoms with van der Waals surface area (Å²) in [7, 11) is 0. The third kappa shape index (κ3) is 2.21. The average molecular weight is 295 g/mol. The van der Waals surface area contributed by atoms with E-state index in [-0.39, 0.29) is 11.7 Å². The highest BCUT2D eigenvalue weighted by Crippen LogP contribution is 2.23. The number of rotatable bonds is 2. The van der Waals surface area contributed by atoms with Crippen LogP contribution in [0, 0.1) is 0 Å². The van der Waals surface area contributed by atoms with Gasteiger partial charge in [0.15, 0.2) is 0 Å². The van der Waals surface area contributed by atoms with Gasteiger partial charge in [-0.05, 0) is 17.5 Å². The summed E-state index contributed by atoms with van der Waals surface area (Å²) in [6.07, 6.45) is -0.0731. The van der Waals surface area contributed by atoms with E-state index < -0.39 is 0 Å². The second-order valence-electron chi connectivity index (χ2n) is 5.55. The zero-order valence-electron chi connectivity index (χ0n) is 12.2. The molecule has 2 aromatic carbocycles.